The van der Waals surface area contributed by atoms with Crippen LogP contribution in [-0.4, -0.2) is 38.0 Å². The molecule has 1 aromatic rings. The molecule has 1 atom stereocenters. The molecule has 1 fully saturated rings. The maximum atomic E-state index is 11.9. The minimum atomic E-state index is -3.04. The van der Waals surface area contributed by atoms with Gasteiger partial charge in [0.05, 0.1) is 21.5 Å². The van der Waals surface area contributed by atoms with E-state index in [-0.39, 0.29) is 24.0 Å². The smallest absolute Gasteiger partial charge is 0.258 e. The van der Waals surface area contributed by atoms with Crippen molar-refractivity contribution in [3.63, 3.8) is 0 Å². The maximum Gasteiger partial charge on any atom is 0.258 e. The third-order valence-corrected chi connectivity index (χ3v) is 5.70. The predicted octanol–water partition coefficient (Wildman–Crippen LogP) is 1.52. The summed E-state index contributed by atoms with van der Waals surface area (Å²) in [6.45, 7) is 1.60. The van der Waals surface area contributed by atoms with Gasteiger partial charge in [-0.05, 0) is 41.4 Å². The van der Waals surface area contributed by atoms with Crippen molar-refractivity contribution in [1.82, 2.24) is 5.32 Å². The van der Waals surface area contributed by atoms with Gasteiger partial charge in [0.1, 0.15) is 5.75 Å². The maximum absolute atomic E-state index is 11.9. The van der Waals surface area contributed by atoms with Crippen molar-refractivity contribution in [1.29, 1.82) is 0 Å². The molecule has 1 aliphatic heterocycles. The second-order valence-electron chi connectivity index (χ2n) is 5.17. The van der Waals surface area contributed by atoms with Crippen molar-refractivity contribution in [2.45, 2.75) is 18.9 Å². The van der Waals surface area contributed by atoms with E-state index in [9.17, 15) is 13.2 Å². The standard InChI is InChI=1S/C13H16BrNO4S/c1-13(6-7-20(17,18)9-13)15-12(16)8-19-11-5-3-2-4-10(11)14/h2-5H,6-9H2,1H3,(H,15,16). The van der Waals surface area contributed by atoms with E-state index in [1.54, 1.807) is 13.0 Å². The van der Waals surface area contributed by atoms with E-state index in [1.807, 2.05) is 18.2 Å². The Morgan fingerprint density at radius 3 is 2.75 bits per heavy atom. The predicted molar refractivity (Wildman–Crippen MR) is 79.5 cm³/mol. The number of hydrogen-bond donors (Lipinski definition) is 1. The normalized spacial score (nSPS) is 24.3. The molecule has 1 amide bonds. The van der Waals surface area contributed by atoms with Gasteiger partial charge in [-0.15, -0.1) is 0 Å². The van der Waals surface area contributed by atoms with Crippen LogP contribution in [0.3, 0.4) is 0 Å². The van der Waals surface area contributed by atoms with Gasteiger partial charge in [0.15, 0.2) is 16.4 Å². The molecule has 1 aromatic carbocycles. The molecule has 0 bridgehead atoms. The first-order chi connectivity index (χ1) is 9.30. The number of amides is 1. The Morgan fingerprint density at radius 2 is 2.15 bits per heavy atom. The second-order valence-corrected chi connectivity index (χ2v) is 8.21. The van der Waals surface area contributed by atoms with Crippen LogP contribution in [-0.2, 0) is 14.6 Å². The van der Waals surface area contributed by atoms with Crippen LogP contribution in [0, 0.1) is 0 Å². The lowest BCUT2D eigenvalue weighted by molar-refractivity contribution is -0.124. The average Bonchev–Trinajstić information content (AvgIpc) is 2.62. The van der Waals surface area contributed by atoms with Crippen molar-refractivity contribution >= 4 is 31.7 Å². The highest BCUT2D eigenvalue weighted by Crippen LogP contribution is 2.24. The molecule has 7 heteroatoms. The Kier molecular flexibility index (Phi) is 4.39. The molecule has 0 aliphatic carbocycles. The zero-order valence-corrected chi connectivity index (χ0v) is 13.5. The monoisotopic (exact) mass is 361 g/mol. The highest BCUT2D eigenvalue weighted by Gasteiger charge is 2.39. The number of ether oxygens (including phenoxy) is 1. The van der Waals surface area contributed by atoms with Gasteiger partial charge in [-0.3, -0.25) is 4.79 Å². The van der Waals surface area contributed by atoms with Gasteiger partial charge in [0.25, 0.3) is 5.91 Å². The lowest BCUT2D eigenvalue weighted by atomic mass is 10.0. The first-order valence-electron chi connectivity index (χ1n) is 6.18. The molecule has 0 radical (unpaired) electrons. The van der Waals surface area contributed by atoms with E-state index in [1.165, 1.54) is 0 Å². The van der Waals surface area contributed by atoms with E-state index >= 15 is 0 Å². The minimum Gasteiger partial charge on any atom is -0.483 e. The summed E-state index contributed by atoms with van der Waals surface area (Å²) in [4.78, 5) is 11.9. The van der Waals surface area contributed by atoms with Crippen molar-refractivity contribution in [2.24, 2.45) is 0 Å². The molecule has 20 heavy (non-hydrogen) atoms. The summed E-state index contributed by atoms with van der Waals surface area (Å²) in [5, 5.41) is 2.74. The van der Waals surface area contributed by atoms with Crippen molar-refractivity contribution in [2.75, 3.05) is 18.1 Å². The van der Waals surface area contributed by atoms with Crippen molar-refractivity contribution < 1.29 is 17.9 Å². The molecule has 0 aromatic heterocycles. The fourth-order valence-corrected chi connectivity index (χ4v) is 4.68. The number of carbonyl (C=O) groups excluding carboxylic acids is 1. The first-order valence-corrected chi connectivity index (χ1v) is 8.80. The van der Waals surface area contributed by atoms with Gasteiger partial charge < -0.3 is 10.1 Å². The third-order valence-electron chi connectivity index (χ3n) is 3.14. The summed E-state index contributed by atoms with van der Waals surface area (Å²) in [7, 11) is -3.04. The summed E-state index contributed by atoms with van der Waals surface area (Å²) >= 11 is 3.32. The van der Waals surface area contributed by atoms with Gasteiger partial charge in [0, 0.05) is 0 Å². The molecule has 110 valence electrons. The van der Waals surface area contributed by atoms with Gasteiger partial charge >= 0.3 is 0 Å². The van der Waals surface area contributed by atoms with E-state index in [0.29, 0.717) is 12.2 Å². The Morgan fingerprint density at radius 1 is 1.45 bits per heavy atom. The first kappa shape index (κ1) is 15.3. The molecule has 0 spiro atoms. The number of benzene rings is 1. The fraction of sp³-hybridized carbons (Fsp3) is 0.462. The van der Waals surface area contributed by atoms with Gasteiger partial charge in [-0.25, -0.2) is 8.42 Å². The van der Waals surface area contributed by atoms with E-state index in [4.69, 9.17) is 4.74 Å². The average molecular weight is 362 g/mol. The van der Waals surface area contributed by atoms with Crippen LogP contribution in [0.5, 0.6) is 5.75 Å². The highest BCUT2D eigenvalue weighted by atomic mass is 79.9. The number of para-hydroxylation sites is 1. The van der Waals surface area contributed by atoms with Gasteiger partial charge in [-0.1, -0.05) is 12.1 Å². The Labute approximate surface area is 126 Å². The summed E-state index contributed by atoms with van der Waals surface area (Å²) in [6, 6.07) is 7.22. The van der Waals surface area contributed by atoms with Crippen molar-refractivity contribution in [3.8, 4) is 5.75 Å². The highest BCUT2D eigenvalue weighted by molar-refractivity contribution is 9.10. The third kappa shape index (κ3) is 3.96. The number of nitrogens with one attached hydrogen (secondary N) is 1. The minimum absolute atomic E-state index is 0.0131. The molecule has 1 N–H and O–H groups in total. The number of rotatable bonds is 4. The molecule has 1 unspecified atom stereocenters. The Hall–Kier alpha value is -1.08. The number of sulfone groups is 1. The lowest BCUT2D eigenvalue weighted by Gasteiger charge is -2.23. The summed E-state index contributed by atoms with van der Waals surface area (Å²) in [5.74, 6) is 0.363. The fourth-order valence-electron chi connectivity index (χ4n) is 2.19. The number of hydrogen-bond acceptors (Lipinski definition) is 4. The summed E-state index contributed by atoms with van der Waals surface area (Å²) in [6.07, 6.45) is 0.441. The summed E-state index contributed by atoms with van der Waals surface area (Å²) in [5.41, 5.74) is -0.687. The van der Waals surface area contributed by atoms with E-state index < -0.39 is 15.4 Å². The lowest BCUT2D eigenvalue weighted by Crippen LogP contribution is -2.48. The molecule has 1 saturated heterocycles. The zero-order valence-electron chi connectivity index (χ0n) is 11.1. The largest absolute Gasteiger partial charge is 0.483 e. The van der Waals surface area contributed by atoms with Crippen LogP contribution in [0.4, 0.5) is 0 Å². The molecular weight excluding hydrogens is 346 g/mol. The zero-order chi connectivity index (χ0) is 14.8. The molecule has 0 saturated carbocycles. The van der Waals surface area contributed by atoms with Gasteiger partial charge in [-0.2, -0.15) is 0 Å². The summed E-state index contributed by atoms with van der Waals surface area (Å²) < 4.78 is 29.1. The quantitative estimate of drug-likeness (QED) is 0.882. The van der Waals surface area contributed by atoms with Crippen LogP contribution in [0.15, 0.2) is 28.7 Å². The molecule has 2 rings (SSSR count). The number of carbonyl (C=O) groups is 1. The molecule has 1 aliphatic rings. The van der Waals surface area contributed by atoms with Crippen LogP contribution in [0.1, 0.15) is 13.3 Å². The van der Waals surface area contributed by atoms with E-state index in [2.05, 4.69) is 21.2 Å². The Balaban J connectivity index is 1.89. The number of halogens is 1. The van der Waals surface area contributed by atoms with Gasteiger partial charge in [0.2, 0.25) is 0 Å². The second kappa shape index (κ2) is 5.73. The van der Waals surface area contributed by atoms with Crippen LogP contribution in [0.2, 0.25) is 0 Å². The topological polar surface area (TPSA) is 72.5 Å². The van der Waals surface area contributed by atoms with E-state index in [0.717, 1.165) is 4.47 Å². The molecular formula is C13H16BrNO4S. The Bertz CT molecular complexity index is 617. The molecule has 1 heterocycles. The molecule has 5 nitrogen and oxygen atoms in total. The van der Waals surface area contributed by atoms with Crippen LogP contribution >= 0.6 is 15.9 Å². The van der Waals surface area contributed by atoms with Crippen LogP contribution in [0.25, 0.3) is 0 Å². The SMILES string of the molecule is CC1(NC(=O)COc2ccccc2Br)CCS(=O)(=O)C1. The van der Waals surface area contributed by atoms with Crippen LogP contribution < -0.4 is 10.1 Å². The van der Waals surface area contributed by atoms with Crippen molar-refractivity contribution in [3.05, 3.63) is 28.7 Å².